The van der Waals surface area contributed by atoms with Crippen molar-refractivity contribution in [3.63, 3.8) is 0 Å². The van der Waals surface area contributed by atoms with Gasteiger partial charge in [-0.2, -0.15) is 0 Å². The zero-order valence-electron chi connectivity index (χ0n) is 13.7. The van der Waals surface area contributed by atoms with Crippen LogP contribution in [0.25, 0.3) is 0 Å². The molecule has 2 heterocycles. The van der Waals surface area contributed by atoms with Crippen LogP contribution in [-0.4, -0.2) is 61.0 Å². The molecule has 0 saturated carbocycles. The van der Waals surface area contributed by atoms with Gasteiger partial charge in [0, 0.05) is 49.9 Å². The first-order valence-electron chi connectivity index (χ1n) is 7.49. The van der Waals surface area contributed by atoms with Crippen molar-refractivity contribution in [3.05, 3.63) is 23.4 Å². The number of likely N-dealkylation sites (N-methyl/N-ethyl adjacent to an activating group) is 1. The van der Waals surface area contributed by atoms with E-state index >= 15 is 0 Å². The van der Waals surface area contributed by atoms with E-state index in [-0.39, 0.29) is 11.3 Å². The van der Waals surface area contributed by atoms with E-state index in [4.69, 9.17) is 0 Å². The normalized spacial score (nSPS) is 16.9. The molecule has 1 N–H and O–H groups in total. The molecule has 0 aliphatic carbocycles. The van der Waals surface area contributed by atoms with E-state index in [0.717, 1.165) is 43.3 Å². The molecule has 1 aromatic rings. The Morgan fingerprint density at radius 2 is 1.81 bits per heavy atom. The van der Waals surface area contributed by atoms with E-state index in [1.165, 1.54) is 0 Å². The van der Waals surface area contributed by atoms with Gasteiger partial charge in [0.2, 0.25) is 0 Å². The van der Waals surface area contributed by atoms with E-state index < -0.39 is 0 Å². The number of nitrogens with one attached hydrogen (secondary N) is 1. The van der Waals surface area contributed by atoms with Gasteiger partial charge >= 0.3 is 0 Å². The van der Waals surface area contributed by atoms with E-state index in [9.17, 15) is 4.79 Å². The first-order valence-corrected chi connectivity index (χ1v) is 7.49. The summed E-state index contributed by atoms with van der Waals surface area (Å²) < 4.78 is 0. The highest BCUT2D eigenvalue weighted by Crippen LogP contribution is 2.24. The predicted molar refractivity (Wildman–Crippen MR) is 85.9 cm³/mol. The largest absolute Gasteiger partial charge is 0.373 e. The van der Waals surface area contributed by atoms with Gasteiger partial charge in [-0.15, -0.1) is 0 Å². The quantitative estimate of drug-likeness (QED) is 0.902. The number of nitrogens with zero attached hydrogens (tertiary/aromatic N) is 3. The van der Waals surface area contributed by atoms with Gasteiger partial charge in [0.1, 0.15) is 5.82 Å². The number of amides is 1. The van der Waals surface area contributed by atoms with Gasteiger partial charge in [-0.25, -0.2) is 4.98 Å². The lowest BCUT2D eigenvalue weighted by Gasteiger charge is -2.32. The van der Waals surface area contributed by atoms with Crippen LogP contribution in [0.15, 0.2) is 12.1 Å². The van der Waals surface area contributed by atoms with Crippen LogP contribution in [-0.2, 0) is 5.41 Å². The van der Waals surface area contributed by atoms with Crippen LogP contribution >= 0.6 is 0 Å². The molecule has 0 aromatic carbocycles. The molecule has 1 amide bonds. The lowest BCUT2D eigenvalue weighted by atomic mass is 9.90. The van der Waals surface area contributed by atoms with Crippen LogP contribution < -0.4 is 5.32 Å². The molecule has 116 valence electrons. The van der Waals surface area contributed by atoms with E-state index in [0.29, 0.717) is 0 Å². The van der Waals surface area contributed by atoms with Gasteiger partial charge in [0.25, 0.3) is 5.91 Å². The van der Waals surface area contributed by atoms with E-state index in [1.54, 1.807) is 0 Å². The minimum atomic E-state index is -0.0794. The molecule has 1 aliphatic heterocycles. The summed E-state index contributed by atoms with van der Waals surface area (Å²) in [4.78, 5) is 21.5. The van der Waals surface area contributed by atoms with Crippen LogP contribution in [0.5, 0.6) is 0 Å². The SMILES string of the molecule is CNc1cc(C(=O)N2CCN(C)CC2)cc(C(C)(C)C)n1. The molecule has 21 heavy (non-hydrogen) atoms. The average molecular weight is 290 g/mol. The maximum atomic E-state index is 12.7. The number of hydrogen-bond acceptors (Lipinski definition) is 4. The molecule has 1 saturated heterocycles. The Morgan fingerprint density at radius 3 is 2.33 bits per heavy atom. The molecule has 1 aromatic heterocycles. The summed E-state index contributed by atoms with van der Waals surface area (Å²) in [6.45, 7) is 9.77. The molecule has 0 atom stereocenters. The number of pyridine rings is 1. The van der Waals surface area contributed by atoms with Gasteiger partial charge in [-0.1, -0.05) is 20.8 Å². The molecule has 5 heteroatoms. The minimum Gasteiger partial charge on any atom is -0.373 e. The number of rotatable bonds is 2. The van der Waals surface area contributed by atoms with Gasteiger partial charge in [-0.3, -0.25) is 4.79 Å². The molecule has 0 bridgehead atoms. The molecular weight excluding hydrogens is 264 g/mol. The molecule has 1 fully saturated rings. The molecular formula is C16H26N4O. The number of hydrogen-bond donors (Lipinski definition) is 1. The number of aromatic nitrogens is 1. The average Bonchev–Trinajstić information content (AvgIpc) is 2.46. The highest BCUT2D eigenvalue weighted by atomic mass is 16.2. The van der Waals surface area contributed by atoms with Crippen molar-refractivity contribution >= 4 is 11.7 Å². The smallest absolute Gasteiger partial charge is 0.254 e. The first-order chi connectivity index (χ1) is 9.81. The van der Waals surface area contributed by atoms with Crippen molar-refractivity contribution in [1.82, 2.24) is 14.8 Å². The van der Waals surface area contributed by atoms with E-state index in [2.05, 4.69) is 43.0 Å². The predicted octanol–water partition coefficient (Wildman–Crippen LogP) is 1.81. The van der Waals surface area contributed by atoms with Gasteiger partial charge in [-0.05, 0) is 19.2 Å². The third-order valence-corrected chi connectivity index (χ3v) is 3.89. The van der Waals surface area contributed by atoms with Gasteiger partial charge < -0.3 is 15.1 Å². The summed E-state index contributed by atoms with van der Waals surface area (Å²) in [5.41, 5.74) is 1.58. The maximum absolute atomic E-state index is 12.7. The Labute approximate surface area is 127 Å². The minimum absolute atomic E-state index is 0.0794. The zero-order chi connectivity index (χ0) is 15.6. The lowest BCUT2D eigenvalue weighted by Crippen LogP contribution is -2.47. The summed E-state index contributed by atoms with van der Waals surface area (Å²) >= 11 is 0. The fourth-order valence-corrected chi connectivity index (χ4v) is 2.36. The summed E-state index contributed by atoms with van der Waals surface area (Å²) in [6, 6.07) is 3.78. The van der Waals surface area contributed by atoms with Crippen LogP contribution in [0.3, 0.4) is 0 Å². The van der Waals surface area contributed by atoms with Crippen molar-refractivity contribution in [3.8, 4) is 0 Å². The summed E-state index contributed by atoms with van der Waals surface area (Å²) in [7, 11) is 3.92. The van der Waals surface area contributed by atoms with Crippen LogP contribution in [0.2, 0.25) is 0 Å². The van der Waals surface area contributed by atoms with E-state index in [1.807, 2.05) is 24.1 Å². The van der Waals surface area contributed by atoms with Crippen molar-refractivity contribution in [2.24, 2.45) is 0 Å². The fraction of sp³-hybridized carbons (Fsp3) is 0.625. The van der Waals surface area contributed by atoms with Crippen LogP contribution in [0.4, 0.5) is 5.82 Å². The number of anilines is 1. The number of carbonyl (C=O) groups excluding carboxylic acids is 1. The number of piperazine rings is 1. The molecule has 0 spiro atoms. The van der Waals surface area contributed by atoms with Crippen molar-refractivity contribution in [2.45, 2.75) is 26.2 Å². The second-order valence-electron chi connectivity index (χ2n) is 6.72. The number of carbonyl (C=O) groups is 1. The highest BCUT2D eigenvalue weighted by Gasteiger charge is 2.23. The maximum Gasteiger partial charge on any atom is 0.254 e. The van der Waals surface area contributed by atoms with Crippen molar-refractivity contribution < 1.29 is 4.79 Å². The third kappa shape index (κ3) is 3.73. The highest BCUT2D eigenvalue weighted by molar-refractivity contribution is 5.95. The Morgan fingerprint density at radius 1 is 1.19 bits per heavy atom. The molecule has 0 radical (unpaired) electrons. The van der Waals surface area contributed by atoms with Crippen molar-refractivity contribution in [2.75, 3.05) is 45.6 Å². The third-order valence-electron chi connectivity index (χ3n) is 3.89. The lowest BCUT2D eigenvalue weighted by molar-refractivity contribution is 0.0664. The Bertz CT molecular complexity index is 513. The Hall–Kier alpha value is -1.62. The Kier molecular flexibility index (Phi) is 4.52. The summed E-state index contributed by atoms with van der Waals surface area (Å²) in [5, 5.41) is 3.05. The molecule has 1 aliphatic rings. The molecule has 0 unspecified atom stereocenters. The second kappa shape index (κ2) is 6.02. The van der Waals surface area contributed by atoms with Crippen LogP contribution in [0.1, 0.15) is 36.8 Å². The first kappa shape index (κ1) is 15.8. The summed E-state index contributed by atoms with van der Waals surface area (Å²) in [6.07, 6.45) is 0. The monoisotopic (exact) mass is 290 g/mol. The molecule has 5 nitrogen and oxygen atoms in total. The van der Waals surface area contributed by atoms with Gasteiger partial charge in [0.15, 0.2) is 0 Å². The van der Waals surface area contributed by atoms with Crippen LogP contribution in [0, 0.1) is 0 Å². The topological polar surface area (TPSA) is 48.5 Å². The van der Waals surface area contributed by atoms with Gasteiger partial charge in [0.05, 0.1) is 0 Å². The zero-order valence-corrected chi connectivity index (χ0v) is 13.7. The molecule has 2 rings (SSSR count). The Balaban J connectivity index is 2.28. The standard InChI is InChI=1S/C16H26N4O/c1-16(2,3)13-10-12(11-14(17-4)18-13)15(21)20-8-6-19(5)7-9-20/h10-11H,6-9H2,1-5H3,(H,17,18). The van der Waals surface area contributed by atoms with Crippen molar-refractivity contribution in [1.29, 1.82) is 0 Å². The fourth-order valence-electron chi connectivity index (χ4n) is 2.36. The summed E-state index contributed by atoms with van der Waals surface area (Å²) in [5.74, 6) is 0.854. The second-order valence-corrected chi connectivity index (χ2v) is 6.72.